The predicted octanol–water partition coefficient (Wildman–Crippen LogP) is 2.38. The van der Waals surface area contributed by atoms with Crippen molar-refractivity contribution in [3.63, 3.8) is 0 Å². The van der Waals surface area contributed by atoms with Gasteiger partial charge in [-0.3, -0.25) is 4.90 Å². The number of likely N-dealkylation sites (tertiary alicyclic amines) is 1. The number of halogens is 1. The first-order chi connectivity index (χ1) is 9.28. The van der Waals surface area contributed by atoms with Gasteiger partial charge in [0.25, 0.3) is 0 Å². The third-order valence-corrected chi connectivity index (χ3v) is 3.73. The molecule has 0 N–H and O–H groups in total. The lowest BCUT2D eigenvalue weighted by Gasteiger charge is -2.41. The van der Waals surface area contributed by atoms with Crippen LogP contribution in [-0.2, 0) is 13.1 Å². The van der Waals surface area contributed by atoms with Gasteiger partial charge in [0.2, 0.25) is 0 Å². The summed E-state index contributed by atoms with van der Waals surface area (Å²) in [5, 5.41) is 4.18. The van der Waals surface area contributed by atoms with Gasteiger partial charge in [-0.25, -0.2) is 14.1 Å². The van der Waals surface area contributed by atoms with Crippen LogP contribution in [0, 0.1) is 5.82 Å². The molecule has 0 radical (unpaired) electrons. The Labute approximate surface area is 111 Å². The number of aromatic nitrogens is 3. The van der Waals surface area contributed by atoms with Gasteiger partial charge in [-0.1, -0.05) is 12.1 Å². The molecule has 0 saturated carbocycles. The van der Waals surface area contributed by atoms with Crippen LogP contribution in [0.25, 0.3) is 0 Å². The summed E-state index contributed by atoms with van der Waals surface area (Å²) in [5.41, 5.74) is 1.18. The molecule has 1 fully saturated rings. The molecule has 0 aliphatic carbocycles. The Bertz CT molecular complexity index is 549. The first-order valence-electron chi connectivity index (χ1n) is 6.64. The van der Waals surface area contributed by atoms with E-state index in [1.54, 1.807) is 6.33 Å². The van der Waals surface area contributed by atoms with E-state index in [1.165, 1.54) is 17.7 Å². The van der Waals surface area contributed by atoms with Crippen molar-refractivity contribution >= 4 is 0 Å². The van der Waals surface area contributed by atoms with Gasteiger partial charge in [0.1, 0.15) is 18.0 Å². The highest BCUT2D eigenvalue weighted by Gasteiger charge is 2.30. The minimum absolute atomic E-state index is 0.180. The molecule has 0 amide bonds. The van der Waals surface area contributed by atoms with Crippen molar-refractivity contribution in [1.82, 2.24) is 19.7 Å². The van der Waals surface area contributed by atoms with Crippen LogP contribution in [0.3, 0.4) is 0 Å². The van der Waals surface area contributed by atoms with E-state index in [0.29, 0.717) is 6.04 Å². The molecule has 1 aromatic carbocycles. The average Bonchev–Trinajstić information content (AvgIpc) is 2.84. The van der Waals surface area contributed by atoms with E-state index < -0.39 is 0 Å². The van der Waals surface area contributed by atoms with Gasteiger partial charge in [0.15, 0.2) is 0 Å². The highest BCUT2D eigenvalue weighted by molar-refractivity contribution is 5.22. The lowest BCUT2D eigenvalue weighted by molar-refractivity contribution is 0.0770. The van der Waals surface area contributed by atoms with E-state index in [4.69, 9.17) is 0 Å². The highest BCUT2D eigenvalue weighted by atomic mass is 19.1. The van der Waals surface area contributed by atoms with E-state index in [2.05, 4.69) is 21.9 Å². The summed E-state index contributed by atoms with van der Waals surface area (Å²) in [5.74, 6) is 0.815. The number of aryl methyl sites for hydroxylation is 1. The van der Waals surface area contributed by atoms with E-state index in [-0.39, 0.29) is 5.82 Å². The summed E-state index contributed by atoms with van der Waals surface area (Å²) in [4.78, 5) is 6.65. The maximum Gasteiger partial charge on any atom is 0.141 e. The topological polar surface area (TPSA) is 34.0 Å². The zero-order valence-corrected chi connectivity index (χ0v) is 11.0. The van der Waals surface area contributed by atoms with Crippen LogP contribution in [0.5, 0.6) is 0 Å². The summed E-state index contributed by atoms with van der Waals surface area (Å²) in [7, 11) is 0. The quantitative estimate of drug-likeness (QED) is 0.846. The third-order valence-electron chi connectivity index (χ3n) is 3.73. The van der Waals surface area contributed by atoms with Crippen LogP contribution in [0.2, 0.25) is 0 Å². The number of hydrogen-bond donors (Lipinski definition) is 0. The van der Waals surface area contributed by atoms with Crippen molar-refractivity contribution < 1.29 is 4.39 Å². The van der Waals surface area contributed by atoms with Crippen molar-refractivity contribution in [3.8, 4) is 0 Å². The third kappa shape index (κ3) is 2.38. The van der Waals surface area contributed by atoms with Crippen LogP contribution in [0.4, 0.5) is 4.39 Å². The average molecular weight is 260 g/mol. The molecule has 1 unspecified atom stereocenters. The molecule has 2 heterocycles. The number of rotatable bonds is 4. The highest BCUT2D eigenvalue weighted by Crippen LogP contribution is 2.34. The number of benzene rings is 1. The molecule has 19 heavy (non-hydrogen) atoms. The van der Waals surface area contributed by atoms with Crippen LogP contribution < -0.4 is 0 Å². The Hall–Kier alpha value is -1.75. The fourth-order valence-corrected chi connectivity index (χ4v) is 2.55. The lowest BCUT2D eigenvalue weighted by Crippen LogP contribution is -2.40. The van der Waals surface area contributed by atoms with Gasteiger partial charge in [0, 0.05) is 19.1 Å². The van der Waals surface area contributed by atoms with Crippen molar-refractivity contribution in [2.45, 2.75) is 32.5 Å². The second-order valence-corrected chi connectivity index (χ2v) is 4.82. The molecular weight excluding hydrogens is 243 g/mol. The maximum atomic E-state index is 12.9. The molecule has 1 saturated heterocycles. The fourth-order valence-electron chi connectivity index (χ4n) is 2.55. The molecule has 0 bridgehead atoms. The molecule has 1 aliphatic rings. The van der Waals surface area contributed by atoms with Crippen molar-refractivity contribution in [1.29, 1.82) is 0 Å². The number of nitrogens with zero attached hydrogens (tertiary/aromatic N) is 4. The van der Waals surface area contributed by atoms with Gasteiger partial charge in [-0.05, 0) is 31.0 Å². The molecule has 4 nitrogen and oxygen atoms in total. The van der Waals surface area contributed by atoms with E-state index in [0.717, 1.165) is 31.9 Å². The zero-order chi connectivity index (χ0) is 13.2. The number of hydrogen-bond acceptors (Lipinski definition) is 3. The molecule has 100 valence electrons. The van der Waals surface area contributed by atoms with Crippen molar-refractivity contribution in [2.75, 3.05) is 6.54 Å². The van der Waals surface area contributed by atoms with Gasteiger partial charge in [-0.2, -0.15) is 5.10 Å². The fraction of sp³-hybridized carbons (Fsp3) is 0.429. The van der Waals surface area contributed by atoms with E-state index in [9.17, 15) is 4.39 Å². The normalized spacial score (nSPS) is 19.4. The molecule has 5 heteroatoms. The van der Waals surface area contributed by atoms with Crippen molar-refractivity contribution in [3.05, 3.63) is 47.8 Å². The van der Waals surface area contributed by atoms with Crippen LogP contribution in [0.1, 0.15) is 30.8 Å². The second-order valence-electron chi connectivity index (χ2n) is 4.82. The molecular formula is C14H17FN4. The van der Waals surface area contributed by atoms with Gasteiger partial charge >= 0.3 is 0 Å². The van der Waals surface area contributed by atoms with E-state index in [1.807, 2.05) is 16.8 Å². The summed E-state index contributed by atoms with van der Waals surface area (Å²) < 4.78 is 14.9. The Kier molecular flexibility index (Phi) is 3.29. The Balaban J connectivity index is 1.71. The largest absolute Gasteiger partial charge is 0.289 e. The Morgan fingerprint density at radius 3 is 2.74 bits per heavy atom. The standard InChI is InChI=1S/C14H17FN4/c1-2-19-14(16-10-17-19)9-18-8-7-13(18)11-3-5-12(15)6-4-11/h3-6,10,13H,2,7-9H2,1H3. The minimum atomic E-state index is -0.180. The second kappa shape index (κ2) is 5.09. The van der Waals surface area contributed by atoms with Crippen LogP contribution >= 0.6 is 0 Å². The smallest absolute Gasteiger partial charge is 0.141 e. The zero-order valence-electron chi connectivity index (χ0n) is 11.0. The molecule has 1 aromatic heterocycles. The summed E-state index contributed by atoms with van der Waals surface area (Å²) in [6, 6.07) is 7.18. The summed E-state index contributed by atoms with van der Waals surface area (Å²) in [6.45, 7) is 4.75. The van der Waals surface area contributed by atoms with Gasteiger partial charge in [-0.15, -0.1) is 0 Å². The summed E-state index contributed by atoms with van der Waals surface area (Å²) in [6.07, 6.45) is 2.72. The molecule has 1 atom stereocenters. The molecule has 0 spiro atoms. The molecule has 2 aromatic rings. The molecule has 3 rings (SSSR count). The summed E-state index contributed by atoms with van der Waals surface area (Å²) >= 11 is 0. The monoisotopic (exact) mass is 260 g/mol. The van der Waals surface area contributed by atoms with Crippen LogP contribution in [0.15, 0.2) is 30.6 Å². The predicted molar refractivity (Wildman–Crippen MR) is 69.9 cm³/mol. The Morgan fingerprint density at radius 2 is 2.11 bits per heavy atom. The van der Waals surface area contributed by atoms with Crippen LogP contribution in [-0.4, -0.2) is 26.2 Å². The van der Waals surface area contributed by atoms with Gasteiger partial charge in [0.05, 0.1) is 6.54 Å². The first-order valence-corrected chi connectivity index (χ1v) is 6.64. The van der Waals surface area contributed by atoms with Crippen molar-refractivity contribution in [2.24, 2.45) is 0 Å². The van der Waals surface area contributed by atoms with E-state index >= 15 is 0 Å². The Morgan fingerprint density at radius 1 is 1.32 bits per heavy atom. The lowest BCUT2D eigenvalue weighted by atomic mass is 9.95. The SMILES string of the molecule is CCn1ncnc1CN1CCC1c1ccc(F)cc1. The molecule has 1 aliphatic heterocycles. The maximum absolute atomic E-state index is 12.9. The first kappa shape index (κ1) is 12.3. The van der Waals surface area contributed by atoms with Gasteiger partial charge < -0.3 is 0 Å². The minimum Gasteiger partial charge on any atom is -0.289 e.